The molecule has 1 saturated carbocycles. The molecule has 0 unspecified atom stereocenters. The Morgan fingerprint density at radius 1 is 1.60 bits per heavy atom. The Labute approximate surface area is 97.9 Å². The first-order chi connectivity index (χ1) is 7.16. The summed E-state index contributed by atoms with van der Waals surface area (Å²) < 4.78 is 0. The zero-order chi connectivity index (χ0) is 10.8. The molecule has 15 heavy (non-hydrogen) atoms. The van der Waals surface area contributed by atoms with Crippen molar-refractivity contribution in [2.45, 2.75) is 38.0 Å². The van der Waals surface area contributed by atoms with E-state index in [0.717, 1.165) is 9.90 Å². The molecular formula is C11H13ClO2S. The average molecular weight is 245 g/mol. The monoisotopic (exact) mass is 244 g/mol. The van der Waals surface area contributed by atoms with Gasteiger partial charge in [0.1, 0.15) is 0 Å². The molecule has 4 heteroatoms. The number of hydrogen-bond donors (Lipinski definition) is 1. The summed E-state index contributed by atoms with van der Waals surface area (Å²) in [6.45, 7) is 0. The molecule has 0 spiro atoms. The van der Waals surface area contributed by atoms with Crippen LogP contribution in [0.15, 0.2) is 6.07 Å². The SMILES string of the molecule is O=C(O)CCc1cc(Cl)c(C2CCC2)s1. The standard InChI is InChI=1S/C11H13ClO2S/c12-9-6-8(4-5-10(13)14)15-11(9)7-2-1-3-7/h6-7H,1-5H2,(H,13,14). The fourth-order valence-corrected chi connectivity index (χ4v) is 3.42. The summed E-state index contributed by atoms with van der Waals surface area (Å²) >= 11 is 7.82. The predicted octanol–water partition coefficient (Wildman–Crippen LogP) is 3.69. The average Bonchev–Trinajstić information content (AvgIpc) is 2.42. The van der Waals surface area contributed by atoms with E-state index < -0.39 is 5.97 Å². The van der Waals surface area contributed by atoms with Crippen molar-refractivity contribution in [3.05, 3.63) is 20.8 Å². The Morgan fingerprint density at radius 2 is 2.33 bits per heavy atom. The second kappa shape index (κ2) is 4.54. The second-order valence-electron chi connectivity index (χ2n) is 3.95. The van der Waals surface area contributed by atoms with Crippen molar-refractivity contribution in [1.82, 2.24) is 0 Å². The highest BCUT2D eigenvalue weighted by Crippen LogP contribution is 2.44. The first-order valence-electron chi connectivity index (χ1n) is 5.16. The van der Waals surface area contributed by atoms with Gasteiger partial charge in [0, 0.05) is 9.75 Å². The number of aryl methyl sites for hydroxylation is 1. The number of thiophene rings is 1. The molecule has 1 aliphatic carbocycles. The van der Waals surface area contributed by atoms with Crippen LogP contribution in [0.25, 0.3) is 0 Å². The predicted molar refractivity (Wildman–Crippen MR) is 61.9 cm³/mol. The maximum absolute atomic E-state index is 10.4. The van der Waals surface area contributed by atoms with Crippen LogP contribution in [0.5, 0.6) is 0 Å². The van der Waals surface area contributed by atoms with E-state index >= 15 is 0 Å². The highest BCUT2D eigenvalue weighted by molar-refractivity contribution is 7.12. The molecule has 1 aliphatic rings. The lowest BCUT2D eigenvalue weighted by atomic mass is 9.84. The van der Waals surface area contributed by atoms with Crippen molar-refractivity contribution in [2.24, 2.45) is 0 Å². The Bertz CT molecular complexity index is 369. The van der Waals surface area contributed by atoms with Gasteiger partial charge < -0.3 is 5.11 Å². The molecule has 0 atom stereocenters. The third-order valence-corrected chi connectivity index (χ3v) is 4.61. The molecule has 82 valence electrons. The van der Waals surface area contributed by atoms with Crippen LogP contribution >= 0.6 is 22.9 Å². The van der Waals surface area contributed by atoms with Crippen molar-refractivity contribution in [1.29, 1.82) is 0 Å². The van der Waals surface area contributed by atoms with Crippen LogP contribution in [0, 0.1) is 0 Å². The molecule has 1 aromatic rings. The lowest BCUT2D eigenvalue weighted by molar-refractivity contribution is -0.136. The van der Waals surface area contributed by atoms with E-state index in [9.17, 15) is 4.79 Å². The Balaban J connectivity index is 2.03. The largest absolute Gasteiger partial charge is 0.481 e. The van der Waals surface area contributed by atoms with Crippen LogP contribution in [0.4, 0.5) is 0 Å². The van der Waals surface area contributed by atoms with Crippen molar-refractivity contribution in [2.75, 3.05) is 0 Å². The molecule has 2 rings (SSSR count). The van der Waals surface area contributed by atoms with Crippen molar-refractivity contribution in [3.63, 3.8) is 0 Å². The minimum Gasteiger partial charge on any atom is -0.481 e. The normalized spacial score (nSPS) is 16.3. The van der Waals surface area contributed by atoms with Gasteiger partial charge in [-0.2, -0.15) is 0 Å². The van der Waals surface area contributed by atoms with E-state index in [1.807, 2.05) is 6.07 Å². The van der Waals surface area contributed by atoms with E-state index in [1.165, 1.54) is 24.1 Å². The van der Waals surface area contributed by atoms with Crippen molar-refractivity contribution < 1.29 is 9.90 Å². The molecule has 0 radical (unpaired) electrons. The Kier molecular flexibility index (Phi) is 3.32. The molecule has 1 aromatic heterocycles. The first kappa shape index (κ1) is 11.0. The molecule has 2 nitrogen and oxygen atoms in total. The molecule has 1 fully saturated rings. The molecule has 0 aliphatic heterocycles. The maximum atomic E-state index is 10.4. The van der Waals surface area contributed by atoms with Crippen LogP contribution < -0.4 is 0 Å². The third kappa shape index (κ3) is 2.52. The van der Waals surface area contributed by atoms with Gasteiger partial charge in [-0.3, -0.25) is 4.79 Å². The lowest BCUT2D eigenvalue weighted by Gasteiger charge is -2.24. The zero-order valence-electron chi connectivity index (χ0n) is 8.33. The summed E-state index contributed by atoms with van der Waals surface area (Å²) in [7, 11) is 0. The van der Waals surface area contributed by atoms with Gasteiger partial charge in [0.15, 0.2) is 0 Å². The number of hydrogen-bond acceptors (Lipinski definition) is 2. The summed E-state index contributed by atoms with van der Waals surface area (Å²) in [5, 5.41) is 9.43. The van der Waals surface area contributed by atoms with Crippen LogP contribution in [0.3, 0.4) is 0 Å². The van der Waals surface area contributed by atoms with Gasteiger partial charge >= 0.3 is 5.97 Å². The van der Waals surface area contributed by atoms with Crippen LogP contribution in [-0.4, -0.2) is 11.1 Å². The third-order valence-electron chi connectivity index (χ3n) is 2.83. The number of halogens is 1. The van der Waals surface area contributed by atoms with Gasteiger partial charge in [0.2, 0.25) is 0 Å². The van der Waals surface area contributed by atoms with Crippen LogP contribution in [0.1, 0.15) is 41.4 Å². The van der Waals surface area contributed by atoms with Crippen molar-refractivity contribution >= 4 is 28.9 Å². The zero-order valence-corrected chi connectivity index (χ0v) is 9.90. The quantitative estimate of drug-likeness (QED) is 0.877. The van der Waals surface area contributed by atoms with Gasteiger partial charge in [0.05, 0.1) is 11.4 Å². The summed E-state index contributed by atoms with van der Waals surface area (Å²) in [5.41, 5.74) is 0. The number of rotatable bonds is 4. The molecule has 0 saturated heterocycles. The fraction of sp³-hybridized carbons (Fsp3) is 0.545. The van der Waals surface area contributed by atoms with E-state index in [1.54, 1.807) is 11.3 Å². The molecule has 0 aromatic carbocycles. The number of carboxylic acids is 1. The summed E-state index contributed by atoms with van der Waals surface area (Å²) in [5.74, 6) is -0.106. The fourth-order valence-electron chi connectivity index (χ4n) is 1.73. The van der Waals surface area contributed by atoms with E-state index in [0.29, 0.717) is 12.3 Å². The molecular weight excluding hydrogens is 232 g/mol. The highest BCUT2D eigenvalue weighted by atomic mass is 35.5. The Morgan fingerprint density at radius 3 is 2.87 bits per heavy atom. The second-order valence-corrected chi connectivity index (χ2v) is 5.52. The molecule has 1 N–H and O–H groups in total. The van der Waals surface area contributed by atoms with Gasteiger partial charge in [-0.25, -0.2) is 0 Å². The van der Waals surface area contributed by atoms with Crippen LogP contribution in [0.2, 0.25) is 5.02 Å². The smallest absolute Gasteiger partial charge is 0.303 e. The Hall–Kier alpha value is -0.540. The lowest BCUT2D eigenvalue weighted by Crippen LogP contribution is -2.06. The summed E-state index contributed by atoms with van der Waals surface area (Å²) in [6, 6.07) is 1.93. The first-order valence-corrected chi connectivity index (χ1v) is 6.36. The minimum absolute atomic E-state index is 0.195. The van der Waals surface area contributed by atoms with E-state index in [-0.39, 0.29) is 6.42 Å². The molecule has 0 amide bonds. The minimum atomic E-state index is -0.746. The van der Waals surface area contributed by atoms with E-state index in [2.05, 4.69) is 0 Å². The number of aliphatic carboxylic acids is 1. The number of carbonyl (C=O) groups is 1. The van der Waals surface area contributed by atoms with Gasteiger partial charge in [-0.1, -0.05) is 18.0 Å². The van der Waals surface area contributed by atoms with Crippen molar-refractivity contribution in [3.8, 4) is 0 Å². The maximum Gasteiger partial charge on any atom is 0.303 e. The molecule has 0 bridgehead atoms. The molecule has 1 heterocycles. The highest BCUT2D eigenvalue weighted by Gasteiger charge is 2.24. The van der Waals surface area contributed by atoms with Gasteiger partial charge in [-0.05, 0) is 31.2 Å². The van der Waals surface area contributed by atoms with Crippen LogP contribution in [-0.2, 0) is 11.2 Å². The van der Waals surface area contributed by atoms with Gasteiger partial charge in [-0.15, -0.1) is 11.3 Å². The summed E-state index contributed by atoms with van der Waals surface area (Å²) in [6.07, 6.45) is 4.56. The van der Waals surface area contributed by atoms with E-state index in [4.69, 9.17) is 16.7 Å². The van der Waals surface area contributed by atoms with Gasteiger partial charge in [0.25, 0.3) is 0 Å². The number of carboxylic acid groups (broad SMARTS) is 1. The summed E-state index contributed by atoms with van der Waals surface area (Å²) in [4.78, 5) is 12.8. The topological polar surface area (TPSA) is 37.3 Å².